The molecule has 1 rings (SSSR count). The number of aliphatic carboxylic acids is 1. The third-order valence-corrected chi connectivity index (χ3v) is 4.63. The molecule has 0 spiro atoms. The summed E-state index contributed by atoms with van der Waals surface area (Å²) in [6.45, 7) is 5.13. The molecule has 0 aliphatic carbocycles. The van der Waals surface area contributed by atoms with Gasteiger partial charge in [-0.25, -0.2) is 8.42 Å². The first-order chi connectivity index (χ1) is 8.76. The molecule has 0 fully saturated rings. The topological polar surface area (TPSA) is 101 Å². The van der Waals surface area contributed by atoms with Crippen LogP contribution in [0.25, 0.3) is 0 Å². The maximum absolute atomic E-state index is 12.2. The van der Waals surface area contributed by atoms with Crippen molar-refractivity contribution in [3.63, 3.8) is 0 Å². The van der Waals surface area contributed by atoms with E-state index in [1.807, 2.05) is 0 Å². The third-order valence-electron chi connectivity index (χ3n) is 2.64. The second-order valence-corrected chi connectivity index (χ2v) is 6.26. The number of nitrogens with zero attached hydrogens (tertiary/aromatic N) is 2. The summed E-state index contributed by atoms with van der Waals surface area (Å²) in [6, 6.07) is 0.952. The normalized spacial score (nSPS) is 13.7. The molecule has 1 N–H and O–H groups in total. The first-order valence-corrected chi connectivity index (χ1v) is 7.50. The van der Waals surface area contributed by atoms with Gasteiger partial charge in [0.25, 0.3) is 0 Å². The molecule has 0 bridgehead atoms. The molecule has 1 aromatic heterocycles. The predicted octanol–water partition coefficient (Wildman–Crippen LogP) is 0.998. The number of hydrogen-bond acceptors (Lipinski definition) is 5. The van der Waals surface area contributed by atoms with Crippen molar-refractivity contribution in [3.8, 4) is 0 Å². The van der Waals surface area contributed by atoms with Crippen molar-refractivity contribution >= 4 is 16.0 Å². The lowest BCUT2D eigenvalue weighted by Gasteiger charge is -2.25. The highest BCUT2D eigenvalue weighted by Crippen LogP contribution is 2.15. The van der Waals surface area contributed by atoms with Crippen LogP contribution < -0.4 is 0 Å². The Kier molecular flexibility index (Phi) is 5.07. The van der Waals surface area contributed by atoms with E-state index in [0.717, 1.165) is 0 Å². The van der Waals surface area contributed by atoms with Crippen molar-refractivity contribution in [2.45, 2.75) is 39.0 Å². The average Bonchev–Trinajstić information content (AvgIpc) is 2.62. The van der Waals surface area contributed by atoms with Crippen LogP contribution >= 0.6 is 0 Å². The van der Waals surface area contributed by atoms with Crippen LogP contribution in [0, 0.1) is 6.92 Å². The summed E-state index contributed by atoms with van der Waals surface area (Å²) in [5.74, 6) is -0.785. The number of carbonyl (C=O) groups is 1. The van der Waals surface area contributed by atoms with Gasteiger partial charge in [0.2, 0.25) is 10.0 Å². The Hall–Kier alpha value is -1.41. The second-order valence-electron chi connectivity index (χ2n) is 4.34. The summed E-state index contributed by atoms with van der Waals surface area (Å²) in [4.78, 5) is 10.7. The SMILES string of the molecule is CCN(C(C)CC(=O)O)S(=O)(=O)Cc1cc(C)on1. The van der Waals surface area contributed by atoms with Gasteiger partial charge in [-0.05, 0) is 13.8 Å². The molecule has 0 aromatic carbocycles. The molecule has 0 amide bonds. The number of aryl methyl sites for hydroxylation is 1. The molecular formula is C11H18N2O5S. The number of rotatable bonds is 7. The molecule has 108 valence electrons. The number of aromatic nitrogens is 1. The van der Waals surface area contributed by atoms with Gasteiger partial charge in [0, 0.05) is 18.7 Å². The molecular weight excluding hydrogens is 272 g/mol. The molecule has 7 nitrogen and oxygen atoms in total. The van der Waals surface area contributed by atoms with Gasteiger partial charge in [-0.3, -0.25) is 4.79 Å². The van der Waals surface area contributed by atoms with Gasteiger partial charge < -0.3 is 9.63 Å². The molecule has 0 radical (unpaired) electrons. The Morgan fingerprint density at radius 1 is 1.58 bits per heavy atom. The Morgan fingerprint density at radius 2 is 2.21 bits per heavy atom. The van der Waals surface area contributed by atoms with Crippen molar-refractivity contribution in [1.82, 2.24) is 9.46 Å². The summed E-state index contributed by atoms with van der Waals surface area (Å²) >= 11 is 0. The van der Waals surface area contributed by atoms with Crippen LogP contribution in [-0.4, -0.2) is 41.5 Å². The van der Waals surface area contributed by atoms with Crippen molar-refractivity contribution in [1.29, 1.82) is 0 Å². The van der Waals surface area contributed by atoms with Crippen LogP contribution in [0.15, 0.2) is 10.6 Å². The number of carboxylic acids is 1. The smallest absolute Gasteiger partial charge is 0.304 e. The van der Waals surface area contributed by atoms with E-state index in [-0.39, 0.29) is 18.7 Å². The molecule has 1 unspecified atom stereocenters. The zero-order valence-corrected chi connectivity index (χ0v) is 12.0. The maximum Gasteiger partial charge on any atom is 0.304 e. The molecule has 19 heavy (non-hydrogen) atoms. The third kappa shape index (κ3) is 4.32. The van der Waals surface area contributed by atoms with Crippen LogP contribution in [0.3, 0.4) is 0 Å². The van der Waals surface area contributed by atoms with E-state index in [1.54, 1.807) is 26.8 Å². The number of sulfonamides is 1. The molecule has 1 aromatic rings. The standard InChI is InChI=1S/C11H18N2O5S/c1-4-13(8(2)5-11(14)15)19(16,17)7-10-6-9(3)18-12-10/h6,8H,4-5,7H2,1-3H3,(H,14,15). The van der Waals surface area contributed by atoms with E-state index in [9.17, 15) is 13.2 Å². The van der Waals surface area contributed by atoms with Crippen molar-refractivity contribution in [2.75, 3.05) is 6.54 Å². The summed E-state index contributed by atoms with van der Waals surface area (Å²) in [5, 5.41) is 12.4. The van der Waals surface area contributed by atoms with E-state index in [2.05, 4.69) is 5.16 Å². The summed E-state index contributed by atoms with van der Waals surface area (Å²) < 4.78 is 30.4. The first kappa shape index (κ1) is 15.6. The van der Waals surface area contributed by atoms with E-state index in [4.69, 9.17) is 9.63 Å². The van der Waals surface area contributed by atoms with Crippen LogP contribution in [0.5, 0.6) is 0 Å². The highest BCUT2D eigenvalue weighted by atomic mass is 32.2. The van der Waals surface area contributed by atoms with E-state index < -0.39 is 22.0 Å². The molecule has 1 atom stereocenters. The van der Waals surface area contributed by atoms with Gasteiger partial charge in [0.15, 0.2) is 0 Å². The lowest BCUT2D eigenvalue weighted by atomic mass is 10.2. The predicted molar refractivity (Wildman–Crippen MR) is 68.0 cm³/mol. The fourth-order valence-electron chi connectivity index (χ4n) is 1.89. The van der Waals surface area contributed by atoms with Gasteiger partial charge in [-0.15, -0.1) is 0 Å². The minimum atomic E-state index is -3.61. The van der Waals surface area contributed by atoms with E-state index in [0.29, 0.717) is 11.5 Å². The lowest BCUT2D eigenvalue weighted by molar-refractivity contribution is -0.137. The van der Waals surface area contributed by atoms with E-state index in [1.165, 1.54) is 4.31 Å². The van der Waals surface area contributed by atoms with E-state index >= 15 is 0 Å². The van der Waals surface area contributed by atoms with Crippen LogP contribution in [-0.2, 0) is 20.6 Å². The Labute approximate surface area is 112 Å². The Balaban J connectivity index is 2.86. The summed E-state index contributed by atoms with van der Waals surface area (Å²) in [5.41, 5.74) is 0.318. The molecule has 0 saturated carbocycles. The molecule has 1 heterocycles. The number of hydrogen-bond donors (Lipinski definition) is 1. The van der Waals surface area contributed by atoms with Crippen LogP contribution in [0.4, 0.5) is 0 Å². The van der Waals surface area contributed by atoms with Crippen molar-refractivity contribution < 1.29 is 22.8 Å². The minimum Gasteiger partial charge on any atom is -0.481 e. The van der Waals surface area contributed by atoms with Crippen LogP contribution in [0.1, 0.15) is 31.7 Å². The molecule has 8 heteroatoms. The number of carboxylic acid groups (broad SMARTS) is 1. The fourth-order valence-corrected chi connectivity index (χ4v) is 3.58. The van der Waals surface area contributed by atoms with Gasteiger partial charge in [0.1, 0.15) is 17.2 Å². The summed E-state index contributed by atoms with van der Waals surface area (Å²) in [6.07, 6.45) is -0.231. The van der Waals surface area contributed by atoms with Gasteiger partial charge in [0.05, 0.1) is 6.42 Å². The highest BCUT2D eigenvalue weighted by molar-refractivity contribution is 7.88. The van der Waals surface area contributed by atoms with Crippen molar-refractivity contribution in [3.05, 3.63) is 17.5 Å². The first-order valence-electron chi connectivity index (χ1n) is 5.89. The largest absolute Gasteiger partial charge is 0.481 e. The zero-order chi connectivity index (χ0) is 14.6. The second kappa shape index (κ2) is 6.16. The zero-order valence-electron chi connectivity index (χ0n) is 11.2. The lowest BCUT2D eigenvalue weighted by Crippen LogP contribution is -2.40. The monoisotopic (exact) mass is 290 g/mol. The fraction of sp³-hybridized carbons (Fsp3) is 0.636. The minimum absolute atomic E-state index is 0.216. The Morgan fingerprint density at radius 3 is 2.63 bits per heavy atom. The van der Waals surface area contributed by atoms with Gasteiger partial charge in [-0.1, -0.05) is 12.1 Å². The molecule has 0 saturated heterocycles. The van der Waals surface area contributed by atoms with Gasteiger partial charge in [-0.2, -0.15) is 4.31 Å². The highest BCUT2D eigenvalue weighted by Gasteiger charge is 2.28. The summed E-state index contributed by atoms with van der Waals surface area (Å²) in [7, 11) is -3.61. The molecule has 0 aliphatic rings. The van der Waals surface area contributed by atoms with Crippen LogP contribution in [0.2, 0.25) is 0 Å². The maximum atomic E-state index is 12.2. The van der Waals surface area contributed by atoms with Crippen molar-refractivity contribution in [2.24, 2.45) is 0 Å². The Bertz CT molecular complexity index is 537. The van der Waals surface area contributed by atoms with Gasteiger partial charge >= 0.3 is 5.97 Å². The quantitative estimate of drug-likeness (QED) is 0.804. The average molecular weight is 290 g/mol. The molecule has 0 aliphatic heterocycles.